The molecule has 2 N–H and O–H groups in total. The van der Waals surface area contributed by atoms with Crippen LogP contribution in [0.3, 0.4) is 0 Å². The van der Waals surface area contributed by atoms with Gasteiger partial charge in [-0.3, -0.25) is 19.3 Å². The molecule has 0 saturated carbocycles. The molecule has 0 bridgehead atoms. The number of hydrogen-bond acceptors (Lipinski definition) is 4. The molecule has 34 heavy (non-hydrogen) atoms. The summed E-state index contributed by atoms with van der Waals surface area (Å²) >= 11 is 0. The van der Waals surface area contributed by atoms with Crippen LogP contribution in [0.5, 0.6) is 0 Å². The van der Waals surface area contributed by atoms with Crippen molar-refractivity contribution in [3.63, 3.8) is 0 Å². The maximum absolute atomic E-state index is 13.7. The molecule has 7 nitrogen and oxygen atoms in total. The zero-order chi connectivity index (χ0) is 24.4. The van der Waals surface area contributed by atoms with Gasteiger partial charge in [-0.1, -0.05) is 44.2 Å². The third-order valence-corrected chi connectivity index (χ3v) is 6.58. The number of aromatic nitrogens is 1. The number of benzene rings is 2. The smallest absolute Gasteiger partial charge is 0.305 e. The Kier molecular flexibility index (Phi) is 6.72. The first-order valence-electron chi connectivity index (χ1n) is 11.8. The number of nitrogens with zero attached hydrogens (tertiary/aromatic N) is 2. The molecule has 2 aromatic carbocycles. The molecule has 3 aromatic rings. The van der Waals surface area contributed by atoms with Crippen LogP contribution < -0.4 is 4.90 Å². The van der Waals surface area contributed by atoms with Gasteiger partial charge in [0.1, 0.15) is 0 Å². The van der Waals surface area contributed by atoms with Gasteiger partial charge >= 0.3 is 5.97 Å². The van der Waals surface area contributed by atoms with Crippen molar-refractivity contribution < 1.29 is 19.5 Å². The lowest BCUT2D eigenvalue weighted by Gasteiger charge is -2.31. The number of H-pyrrole nitrogens is 1. The van der Waals surface area contributed by atoms with Crippen molar-refractivity contribution in [2.45, 2.75) is 46.1 Å². The number of para-hydroxylation sites is 1. The van der Waals surface area contributed by atoms with Gasteiger partial charge in [0.05, 0.1) is 30.3 Å². The van der Waals surface area contributed by atoms with E-state index < -0.39 is 11.9 Å². The number of fused-ring (bicyclic) bond motifs is 2. The summed E-state index contributed by atoms with van der Waals surface area (Å²) in [6.07, 6.45) is 3.30. The van der Waals surface area contributed by atoms with Gasteiger partial charge in [-0.2, -0.15) is 0 Å². The molecule has 7 heteroatoms. The minimum Gasteiger partial charge on any atom is -0.481 e. The van der Waals surface area contributed by atoms with Crippen LogP contribution in [0.15, 0.2) is 48.7 Å². The summed E-state index contributed by atoms with van der Waals surface area (Å²) in [6.45, 7) is 6.16. The zero-order valence-corrected chi connectivity index (χ0v) is 19.9. The highest BCUT2D eigenvalue weighted by atomic mass is 16.4. The van der Waals surface area contributed by atoms with E-state index in [0.29, 0.717) is 17.9 Å². The molecular formula is C27H31N3O4. The Morgan fingerprint density at radius 3 is 2.59 bits per heavy atom. The average Bonchev–Trinajstić information content (AvgIpc) is 3.20. The molecule has 0 radical (unpaired) electrons. The lowest BCUT2D eigenvalue weighted by atomic mass is 9.95. The van der Waals surface area contributed by atoms with Crippen LogP contribution in [0.2, 0.25) is 0 Å². The number of hydrogen-bond donors (Lipinski definition) is 2. The van der Waals surface area contributed by atoms with Crippen LogP contribution >= 0.6 is 0 Å². The summed E-state index contributed by atoms with van der Waals surface area (Å²) in [7, 11) is 0. The summed E-state index contributed by atoms with van der Waals surface area (Å²) in [5.74, 6) is -1.37. The first-order chi connectivity index (χ1) is 16.3. The van der Waals surface area contributed by atoms with Crippen LogP contribution in [0.4, 0.5) is 5.69 Å². The maximum Gasteiger partial charge on any atom is 0.305 e. The number of nitrogens with one attached hydrogen (secondary N) is 1. The molecular weight excluding hydrogens is 430 g/mol. The number of carbonyl (C=O) groups is 3. The number of carboxylic acids is 1. The number of imide groups is 1. The number of carboxylic acid groups (broad SMARTS) is 1. The van der Waals surface area contributed by atoms with E-state index in [1.807, 2.05) is 60.5 Å². The minimum absolute atomic E-state index is 0.00728. The molecule has 4 rings (SSSR count). The van der Waals surface area contributed by atoms with Gasteiger partial charge in [-0.25, -0.2) is 0 Å². The Hall–Kier alpha value is -3.61. The van der Waals surface area contributed by atoms with Crippen LogP contribution in [0.1, 0.15) is 61.1 Å². The van der Waals surface area contributed by atoms with Gasteiger partial charge in [0.25, 0.3) is 5.91 Å². The second kappa shape index (κ2) is 9.71. The van der Waals surface area contributed by atoms with E-state index in [9.17, 15) is 19.5 Å². The molecule has 1 aliphatic rings. The number of aryl methyl sites for hydroxylation is 1. The number of carbonyl (C=O) groups excluding carboxylic acids is 2. The fourth-order valence-corrected chi connectivity index (χ4v) is 4.68. The molecule has 0 spiro atoms. The number of aliphatic carboxylic acids is 1. The summed E-state index contributed by atoms with van der Waals surface area (Å²) in [5, 5.41) is 10.3. The highest BCUT2D eigenvalue weighted by Crippen LogP contribution is 2.37. The van der Waals surface area contributed by atoms with Crippen LogP contribution in [-0.4, -0.2) is 45.9 Å². The Morgan fingerprint density at radius 2 is 1.85 bits per heavy atom. The van der Waals surface area contributed by atoms with E-state index in [4.69, 9.17) is 0 Å². The lowest BCUT2D eigenvalue weighted by Crippen LogP contribution is -2.42. The van der Waals surface area contributed by atoms with Gasteiger partial charge in [0, 0.05) is 23.6 Å². The van der Waals surface area contributed by atoms with E-state index in [0.717, 1.165) is 39.0 Å². The van der Waals surface area contributed by atoms with E-state index in [2.05, 4.69) is 18.8 Å². The van der Waals surface area contributed by atoms with Crippen LogP contribution in [-0.2, 0) is 16.0 Å². The molecule has 1 aliphatic heterocycles. The van der Waals surface area contributed by atoms with E-state index in [1.54, 1.807) is 0 Å². The Balaban J connectivity index is 1.81. The van der Waals surface area contributed by atoms with Crippen molar-refractivity contribution in [2.75, 3.05) is 18.0 Å². The summed E-state index contributed by atoms with van der Waals surface area (Å²) in [5.41, 5.74) is 4.16. The number of rotatable bonds is 8. The van der Waals surface area contributed by atoms with Crippen molar-refractivity contribution in [3.8, 4) is 0 Å². The SMILES string of the molecule is CC(C)CCc1cccc2c1C(=O)N(CCC(=O)O)C(=O)CN2C(C)c1c[nH]c2ccccc12. The third-order valence-electron chi connectivity index (χ3n) is 6.58. The van der Waals surface area contributed by atoms with Crippen molar-refractivity contribution in [1.82, 2.24) is 9.88 Å². The Bertz CT molecular complexity index is 1230. The predicted octanol–water partition coefficient (Wildman–Crippen LogP) is 4.78. The number of aromatic amines is 1. The molecule has 178 valence electrons. The standard InChI is InChI=1S/C27H31N3O4/c1-17(2)11-12-19-7-6-10-23-26(19)27(34)29(14-13-25(32)33)24(31)16-30(23)18(3)21-15-28-22-9-5-4-8-20(21)22/h4-10,15,17-18,28H,11-14,16H2,1-3H3,(H,32,33). The highest BCUT2D eigenvalue weighted by molar-refractivity contribution is 6.12. The largest absolute Gasteiger partial charge is 0.481 e. The average molecular weight is 462 g/mol. The number of amides is 2. The fraction of sp³-hybridized carbons (Fsp3) is 0.370. The van der Waals surface area contributed by atoms with Crippen LogP contribution in [0.25, 0.3) is 10.9 Å². The third kappa shape index (κ3) is 4.55. The maximum atomic E-state index is 13.7. The first kappa shape index (κ1) is 23.5. The second-order valence-corrected chi connectivity index (χ2v) is 9.33. The van der Waals surface area contributed by atoms with Gasteiger partial charge in [0.2, 0.25) is 5.91 Å². The van der Waals surface area contributed by atoms with Gasteiger partial charge in [-0.15, -0.1) is 0 Å². The van der Waals surface area contributed by atoms with E-state index in [1.165, 1.54) is 0 Å². The topological polar surface area (TPSA) is 93.7 Å². The number of anilines is 1. The predicted molar refractivity (Wildman–Crippen MR) is 132 cm³/mol. The minimum atomic E-state index is -1.04. The van der Waals surface area contributed by atoms with Gasteiger partial charge in [-0.05, 0) is 48.9 Å². The molecule has 2 heterocycles. The highest BCUT2D eigenvalue weighted by Gasteiger charge is 2.36. The molecule has 1 aromatic heterocycles. The van der Waals surface area contributed by atoms with Crippen molar-refractivity contribution >= 4 is 34.4 Å². The molecule has 2 amide bonds. The fourth-order valence-electron chi connectivity index (χ4n) is 4.68. The van der Waals surface area contributed by atoms with Crippen molar-refractivity contribution in [2.24, 2.45) is 5.92 Å². The monoisotopic (exact) mass is 461 g/mol. The molecule has 1 unspecified atom stereocenters. The summed E-state index contributed by atoms with van der Waals surface area (Å²) < 4.78 is 0. The summed E-state index contributed by atoms with van der Waals surface area (Å²) in [6, 6.07) is 13.6. The molecule has 0 saturated heterocycles. The zero-order valence-electron chi connectivity index (χ0n) is 19.9. The summed E-state index contributed by atoms with van der Waals surface area (Å²) in [4.78, 5) is 44.6. The Morgan fingerprint density at radius 1 is 1.09 bits per heavy atom. The van der Waals surface area contributed by atoms with E-state index >= 15 is 0 Å². The molecule has 0 fully saturated rings. The van der Waals surface area contributed by atoms with Gasteiger partial charge in [0.15, 0.2) is 0 Å². The first-order valence-corrected chi connectivity index (χ1v) is 11.8. The van der Waals surface area contributed by atoms with Gasteiger partial charge < -0.3 is 15.0 Å². The second-order valence-electron chi connectivity index (χ2n) is 9.33. The Labute approximate surface area is 199 Å². The lowest BCUT2D eigenvalue weighted by molar-refractivity contribution is -0.137. The molecule has 0 aliphatic carbocycles. The normalized spacial score (nSPS) is 15.1. The quantitative estimate of drug-likeness (QED) is 0.471. The van der Waals surface area contributed by atoms with Crippen molar-refractivity contribution in [3.05, 3.63) is 65.4 Å². The van der Waals surface area contributed by atoms with E-state index in [-0.39, 0.29) is 31.5 Å². The van der Waals surface area contributed by atoms with Crippen molar-refractivity contribution in [1.29, 1.82) is 0 Å². The van der Waals surface area contributed by atoms with Crippen LogP contribution in [0, 0.1) is 5.92 Å². The molecule has 1 atom stereocenters.